The summed E-state index contributed by atoms with van der Waals surface area (Å²) in [4.78, 5) is 10.5. The van der Waals surface area contributed by atoms with Crippen molar-refractivity contribution in [3.05, 3.63) is 35.9 Å². The highest BCUT2D eigenvalue weighted by molar-refractivity contribution is 8.23. The second-order valence-corrected chi connectivity index (χ2v) is 5.08. The third kappa shape index (κ3) is 5.67. The third-order valence-electron chi connectivity index (χ3n) is 1.99. The van der Waals surface area contributed by atoms with Gasteiger partial charge in [0.25, 0.3) is 0 Å². The Morgan fingerprint density at radius 2 is 2.12 bits per heavy atom. The number of thiocarbonyl (C=S) groups is 1. The van der Waals surface area contributed by atoms with Gasteiger partial charge in [-0.15, -0.1) is 0 Å². The molecule has 0 unspecified atom stereocenters. The average molecular weight is 270 g/mol. The number of carboxylic acids is 1. The second-order valence-electron chi connectivity index (χ2n) is 3.38. The molecule has 0 aromatic heterocycles. The van der Waals surface area contributed by atoms with Crippen LogP contribution in [0.25, 0.3) is 0 Å². The molecule has 1 aromatic carbocycles. The maximum Gasteiger partial charge on any atom is 0.321 e. The zero-order valence-electron chi connectivity index (χ0n) is 9.13. The van der Waals surface area contributed by atoms with E-state index >= 15 is 0 Å². The van der Waals surface area contributed by atoms with Crippen molar-refractivity contribution in [2.45, 2.75) is 12.6 Å². The number of carbonyl (C=O) groups is 1. The standard InChI is InChI=1S/C11H14N2O2S2/c12-9(10(14)15)7-17-11(16)13-6-8-4-2-1-3-5-8/h1-5,9H,6-7,12H2,(H,13,16)(H,14,15)/t9-/m1/s1. The van der Waals surface area contributed by atoms with E-state index in [1.807, 2.05) is 30.3 Å². The van der Waals surface area contributed by atoms with Gasteiger partial charge in [0.15, 0.2) is 0 Å². The largest absolute Gasteiger partial charge is 0.480 e. The Hall–Kier alpha value is -1.11. The maximum absolute atomic E-state index is 10.5. The number of carboxylic acid groups (broad SMARTS) is 1. The van der Waals surface area contributed by atoms with Crippen molar-refractivity contribution in [3.8, 4) is 0 Å². The van der Waals surface area contributed by atoms with E-state index in [-0.39, 0.29) is 5.75 Å². The van der Waals surface area contributed by atoms with Crippen molar-refractivity contribution in [1.82, 2.24) is 5.32 Å². The molecule has 0 bridgehead atoms. The molecule has 0 heterocycles. The van der Waals surface area contributed by atoms with Crippen LogP contribution in [0, 0.1) is 0 Å². The molecule has 0 aliphatic carbocycles. The Balaban J connectivity index is 2.24. The quantitative estimate of drug-likeness (QED) is 0.698. The van der Waals surface area contributed by atoms with Gasteiger partial charge in [-0.2, -0.15) is 0 Å². The highest BCUT2D eigenvalue weighted by Crippen LogP contribution is 2.05. The van der Waals surface area contributed by atoms with Crippen LogP contribution in [0.3, 0.4) is 0 Å². The first-order chi connectivity index (χ1) is 8.09. The van der Waals surface area contributed by atoms with E-state index in [2.05, 4.69) is 5.32 Å². The molecule has 1 atom stereocenters. The molecule has 1 rings (SSSR count). The van der Waals surface area contributed by atoms with Gasteiger partial charge in [0, 0.05) is 12.3 Å². The van der Waals surface area contributed by atoms with Gasteiger partial charge >= 0.3 is 5.97 Å². The molecule has 1 aromatic rings. The molecule has 0 fully saturated rings. The predicted octanol–water partition coefficient (Wildman–Crippen LogP) is 1.21. The van der Waals surface area contributed by atoms with Crippen molar-refractivity contribution in [1.29, 1.82) is 0 Å². The van der Waals surface area contributed by atoms with Gasteiger partial charge in [-0.3, -0.25) is 4.79 Å². The summed E-state index contributed by atoms with van der Waals surface area (Å²) >= 11 is 6.31. The molecule has 0 radical (unpaired) electrons. The van der Waals surface area contributed by atoms with Gasteiger partial charge in [-0.25, -0.2) is 0 Å². The lowest BCUT2D eigenvalue weighted by atomic mass is 10.2. The highest BCUT2D eigenvalue weighted by Gasteiger charge is 2.12. The minimum atomic E-state index is -1.01. The number of rotatable bonds is 5. The lowest BCUT2D eigenvalue weighted by molar-refractivity contribution is -0.137. The molecule has 92 valence electrons. The fraction of sp³-hybridized carbons (Fsp3) is 0.273. The van der Waals surface area contributed by atoms with E-state index in [0.29, 0.717) is 10.9 Å². The Morgan fingerprint density at radius 3 is 2.71 bits per heavy atom. The number of nitrogens with two attached hydrogens (primary N) is 1. The fourth-order valence-electron chi connectivity index (χ4n) is 1.06. The number of hydrogen-bond acceptors (Lipinski definition) is 4. The van der Waals surface area contributed by atoms with Crippen LogP contribution >= 0.6 is 24.0 Å². The van der Waals surface area contributed by atoms with Crippen molar-refractivity contribution < 1.29 is 9.90 Å². The van der Waals surface area contributed by atoms with Crippen molar-refractivity contribution in [3.63, 3.8) is 0 Å². The predicted molar refractivity (Wildman–Crippen MR) is 73.9 cm³/mol. The summed E-state index contributed by atoms with van der Waals surface area (Å²) in [6.45, 7) is 0.634. The molecular weight excluding hydrogens is 256 g/mol. The first-order valence-electron chi connectivity index (χ1n) is 5.02. The summed E-state index contributed by atoms with van der Waals surface area (Å²) in [6.07, 6.45) is 0. The van der Waals surface area contributed by atoms with Crippen LogP contribution in [0.15, 0.2) is 30.3 Å². The molecule has 4 nitrogen and oxygen atoms in total. The molecule has 6 heteroatoms. The molecule has 17 heavy (non-hydrogen) atoms. The number of benzene rings is 1. The summed E-state index contributed by atoms with van der Waals surface area (Å²) in [6, 6.07) is 8.95. The first-order valence-corrected chi connectivity index (χ1v) is 6.42. The van der Waals surface area contributed by atoms with Crippen molar-refractivity contribution in [2.24, 2.45) is 5.73 Å². The van der Waals surface area contributed by atoms with E-state index in [0.717, 1.165) is 5.56 Å². The number of nitrogens with one attached hydrogen (secondary N) is 1. The summed E-state index contributed by atoms with van der Waals surface area (Å²) in [7, 11) is 0. The minimum Gasteiger partial charge on any atom is -0.480 e. The van der Waals surface area contributed by atoms with Crippen LogP contribution in [0.4, 0.5) is 0 Å². The van der Waals surface area contributed by atoms with E-state index in [1.165, 1.54) is 11.8 Å². The van der Waals surface area contributed by atoms with Crippen molar-refractivity contribution in [2.75, 3.05) is 5.75 Å². The molecule has 0 saturated carbocycles. The molecule has 0 amide bonds. The average Bonchev–Trinajstić information content (AvgIpc) is 2.34. The molecule has 0 saturated heterocycles. The highest BCUT2D eigenvalue weighted by atomic mass is 32.2. The summed E-state index contributed by atoms with van der Waals surface area (Å²) in [5.74, 6) is -0.737. The molecule has 0 aliphatic rings. The fourth-order valence-corrected chi connectivity index (χ4v) is 1.98. The summed E-state index contributed by atoms with van der Waals surface area (Å²) in [5.41, 5.74) is 6.49. The van der Waals surface area contributed by atoms with Crippen LogP contribution in [-0.4, -0.2) is 27.2 Å². The van der Waals surface area contributed by atoms with E-state index in [9.17, 15) is 4.79 Å². The van der Waals surface area contributed by atoms with Gasteiger partial charge in [-0.05, 0) is 5.56 Å². The SMILES string of the molecule is N[C@H](CSC(=S)NCc1ccccc1)C(=O)O. The normalized spacial score (nSPS) is 11.8. The Morgan fingerprint density at radius 1 is 1.47 bits per heavy atom. The van der Waals surface area contributed by atoms with Gasteiger partial charge in [-0.1, -0.05) is 54.3 Å². The summed E-state index contributed by atoms with van der Waals surface area (Å²) in [5, 5.41) is 11.6. The van der Waals surface area contributed by atoms with Gasteiger partial charge in [0.05, 0.1) is 0 Å². The molecule has 0 aliphatic heterocycles. The summed E-state index contributed by atoms with van der Waals surface area (Å²) < 4.78 is 0.561. The Kier molecular flexibility index (Phi) is 5.96. The lowest BCUT2D eigenvalue weighted by Gasteiger charge is -2.09. The van der Waals surface area contributed by atoms with Crippen LogP contribution in [-0.2, 0) is 11.3 Å². The van der Waals surface area contributed by atoms with E-state index in [4.69, 9.17) is 23.1 Å². The number of thioether (sulfide) groups is 1. The molecular formula is C11H14N2O2S2. The Bertz CT molecular complexity index is 384. The second kappa shape index (κ2) is 7.26. The zero-order chi connectivity index (χ0) is 12.7. The van der Waals surface area contributed by atoms with Crippen LogP contribution < -0.4 is 11.1 Å². The van der Waals surface area contributed by atoms with Crippen LogP contribution in [0.5, 0.6) is 0 Å². The van der Waals surface area contributed by atoms with Gasteiger partial charge in [0.1, 0.15) is 10.4 Å². The van der Waals surface area contributed by atoms with Gasteiger partial charge < -0.3 is 16.2 Å². The van der Waals surface area contributed by atoms with Crippen LogP contribution in [0.2, 0.25) is 0 Å². The smallest absolute Gasteiger partial charge is 0.321 e. The minimum absolute atomic E-state index is 0.274. The van der Waals surface area contributed by atoms with Gasteiger partial charge in [0.2, 0.25) is 0 Å². The first kappa shape index (κ1) is 14.0. The number of aliphatic carboxylic acids is 1. The lowest BCUT2D eigenvalue weighted by Crippen LogP contribution is -2.33. The zero-order valence-corrected chi connectivity index (χ0v) is 10.8. The van der Waals surface area contributed by atoms with Crippen LogP contribution in [0.1, 0.15) is 5.56 Å². The molecule has 4 N–H and O–H groups in total. The Labute approximate surface area is 110 Å². The third-order valence-corrected chi connectivity index (χ3v) is 3.42. The monoisotopic (exact) mass is 270 g/mol. The molecule has 0 spiro atoms. The topological polar surface area (TPSA) is 75.3 Å². The maximum atomic E-state index is 10.5. The van der Waals surface area contributed by atoms with Crippen molar-refractivity contribution >= 4 is 34.3 Å². The van der Waals surface area contributed by atoms with E-state index < -0.39 is 12.0 Å². The number of hydrogen-bond donors (Lipinski definition) is 3. The van der Waals surface area contributed by atoms with E-state index in [1.54, 1.807) is 0 Å².